The van der Waals surface area contributed by atoms with Gasteiger partial charge in [-0.15, -0.1) is 0 Å². The Hall–Kier alpha value is -2.24. The molecule has 0 aliphatic carbocycles. The maximum Gasteiger partial charge on any atom is 0.226 e. The summed E-state index contributed by atoms with van der Waals surface area (Å²) in [7, 11) is 4.03. The molecule has 1 aromatic carbocycles. The summed E-state index contributed by atoms with van der Waals surface area (Å²) in [5, 5.41) is 3.15. The summed E-state index contributed by atoms with van der Waals surface area (Å²) >= 11 is 0. The Bertz CT molecular complexity index is 740. The van der Waals surface area contributed by atoms with Gasteiger partial charge in [0.25, 0.3) is 0 Å². The zero-order valence-corrected chi connectivity index (χ0v) is 16.3. The lowest BCUT2D eigenvalue weighted by Gasteiger charge is -2.36. The summed E-state index contributed by atoms with van der Waals surface area (Å²) in [4.78, 5) is 19.2. The fourth-order valence-electron chi connectivity index (χ4n) is 3.62. The molecule has 1 aliphatic rings. The molecule has 1 amide bonds. The van der Waals surface area contributed by atoms with Gasteiger partial charge in [-0.2, -0.15) is 0 Å². The second-order valence-electron chi connectivity index (χ2n) is 7.56. The van der Waals surface area contributed by atoms with E-state index < -0.39 is 0 Å². The fourth-order valence-corrected chi connectivity index (χ4v) is 3.62. The van der Waals surface area contributed by atoms with Crippen LogP contribution in [0.1, 0.15) is 18.4 Å². The lowest BCUT2D eigenvalue weighted by atomic mass is 9.74. The first-order valence-electron chi connectivity index (χ1n) is 9.59. The number of likely N-dealkylation sites (N-methyl/N-ethyl adjacent to an activating group) is 1. The van der Waals surface area contributed by atoms with Crippen molar-refractivity contribution >= 4 is 5.91 Å². The monoisotopic (exact) mass is 367 g/mol. The molecule has 0 atom stereocenters. The lowest BCUT2D eigenvalue weighted by Crippen LogP contribution is -2.47. The van der Waals surface area contributed by atoms with E-state index in [-0.39, 0.29) is 11.3 Å². The van der Waals surface area contributed by atoms with Gasteiger partial charge in [0, 0.05) is 38.7 Å². The van der Waals surface area contributed by atoms with Crippen molar-refractivity contribution in [2.45, 2.75) is 19.3 Å². The number of nitrogens with one attached hydrogen (secondary N) is 1. The Morgan fingerprint density at radius 3 is 2.59 bits per heavy atom. The standard InChI is InChI=1S/C22H29N3O2/c1-25(2)13-12-24-21(26)22(8-14-27-15-9-22)17-18-4-3-5-20(16-18)19-6-10-23-11-7-19/h3-7,10-11,16H,8-9,12-15,17H2,1-2H3,(H,24,26). The molecule has 2 aromatic rings. The maximum atomic E-state index is 13.1. The predicted molar refractivity (Wildman–Crippen MR) is 107 cm³/mol. The smallest absolute Gasteiger partial charge is 0.226 e. The Balaban J connectivity index is 1.77. The molecule has 1 aliphatic heterocycles. The molecule has 27 heavy (non-hydrogen) atoms. The molecule has 5 nitrogen and oxygen atoms in total. The lowest BCUT2D eigenvalue weighted by molar-refractivity contribution is -0.136. The third-order valence-electron chi connectivity index (χ3n) is 5.26. The Morgan fingerprint density at radius 1 is 1.15 bits per heavy atom. The minimum absolute atomic E-state index is 0.155. The quantitative estimate of drug-likeness (QED) is 0.818. The van der Waals surface area contributed by atoms with Crippen molar-refractivity contribution in [3.8, 4) is 11.1 Å². The highest BCUT2D eigenvalue weighted by Gasteiger charge is 2.39. The molecule has 3 rings (SSSR count). The van der Waals surface area contributed by atoms with Crippen LogP contribution in [0.25, 0.3) is 11.1 Å². The second-order valence-corrected chi connectivity index (χ2v) is 7.56. The van der Waals surface area contributed by atoms with Gasteiger partial charge in [-0.3, -0.25) is 9.78 Å². The average Bonchev–Trinajstić information content (AvgIpc) is 2.69. The second kappa shape index (κ2) is 9.11. The number of carbonyl (C=O) groups excluding carboxylic acids is 1. The molecule has 144 valence electrons. The molecule has 0 spiro atoms. The number of benzene rings is 1. The highest BCUT2D eigenvalue weighted by molar-refractivity contribution is 5.83. The van der Waals surface area contributed by atoms with Crippen molar-refractivity contribution in [1.29, 1.82) is 0 Å². The van der Waals surface area contributed by atoms with Crippen LogP contribution in [-0.2, 0) is 16.0 Å². The molecule has 1 aromatic heterocycles. The molecule has 0 unspecified atom stereocenters. The topological polar surface area (TPSA) is 54.5 Å². The van der Waals surface area contributed by atoms with E-state index in [0.717, 1.165) is 36.9 Å². The molecular formula is C22H29N3O2. The third kappa shape index (κ3) is 5.15. The van der Waals surface area contributed by atoms with Crippen LogP contribution in [-0.4, -0.2) is 56.2 Å². The first kappa shape index (κ1) is 19.5. The van der Waals surface area contributed by atoms with E-state index in [4.69, 9.17) is 4.74 Å². The van der Waals surface area contributed by atoms with Gasteiger partial charge >= 0.3 is 0 Å². The fraction of sp³-hybridized carbons (Fsp3) is 0.455. The average molecular weight is 367 g/mol. The van der Waals surface area contributed by atoms with Crippen molar-refractivity contribution in [2.75, 3.05) is 40.4 Å². The number of aromatic nitrogens is 1. The van der Waals surface area contributed by atoms with Crippen LogP contribution in [0.15, 0.2) is 48.8 Å². The highest BCUT2D eigenvalue weighted by atomic mass is 16.5. The molecule has 0 saturated carbocycles. The van der Waals surface area contributed by atoms with Gasteiger partial charge in [0.2, 0.25) is 5.91 Å². The number of pyridine rings is 1. The van der Waals surface area contributed by atoms with Crippen molar-refractivity contribution in [2.24, 2.45) is 5.41 Å². The van der Waals surface area contributed by atoms with Gasteiger partial charge in [-0.05, 0) is 62.2 Å². The van der Waals surface area contributed by atoms with E-state index in [1.165, 1.54) is 5.56 Å². The van der Waals surface area contributed by atoms with Crippen molar-refractivity contribution < 1.29 is 9.53 Å². The zero-order chi connectivity index (χ0) is 19.1. The zero-order valence-electron chi connectivity index (χ0n) is 16.3. The predicted octanol–water partition coefficient (Wildman–Crippen LogP) is 2.77. The van der Waals surface area contributed by atoms with Gasteiger partial charge < -0.3 is 15.0 Å². The number of carbonyl (C=O) groups is 1. The van der Waals surface area contributed by atoms with Crippen LogP contribution in [0, 0.1) is 5.41 Å². The third-order valence-corrected chi connectivity index (χ3v) is 5.26. The van der Waals surface area contributed by atoms with Crippen LogP contribution < -0.4 is 5.32 Å². The summed E-state index contributed by atoms with van der Waals surface area (Å²) in [5.74, 6) is 0.155. The molecule has 0 bridgehead atoms. The van der Waals surface area contributed by atoms with E-state index in [2.05, 4.69) is 39.5 Å². The summed E-state index contributed by atoms with van der Waals surface area (Å²) in [6, 6.07) is 12.5. The molecule has 1 fully saturated rings. The van der Waals surface area contributed by atoms with E-state index in [1.54, 1.807) is 12.4 Å². The highest BCUT2D eigenvalue weighted by Crippen LogP contribution is 2.35. The van der Waals surface area contributed by atoms with Gasteiger partial charge in [-0.25, -0.2) is 0 Å². The SMILES string of the molecule is CN(C)CCNC(=O)C1(Cc2cccc(-c3ccncc3)c2)CCOCC1. The number of hydrogen-bond acceptors (Lipinski definition) is 4. The molecule has 0 radical (unpaired) electrons. The van der Waals surface area contributed by atoms with E-state index in [9.17, 15) is 4.79 Å². The van der Waals surface area contributed by atoms with Gasteiger partial charge in [0.05, 0.1) is 5.41 Å². The van der Waals surface area contributed by atoms with Crippen LogP contribution in [0.3, 0.4) is 0 Å². The Kier molecular flexibility index (Phi) is 6.58. The molecular weight excluding hydrogens is 338 g/mol. The minimum atomic E-state index is -0.387. The first-order chi connectivity index (χ1) is 13.1. The van der Waals surface area contributed by atoms with Crippen LogP contribution in [0.4, 0.5) is 0 Å². The van der Waals surface area contributed by atoms with E-state index in [0.29, 0.717) is 19.8 Å². The normalized spacial score (nSPS) is 16.3. The van der Waals surface area contributed by atoms with Gasteiger partial charge in [0.1, 0.15) is 0 Å². The molecule has 5 heteroatoms. The summed E-state index contributed by atoms with van der Waals surface area (Å²) in [5.41, 5.74) is 3.10. The number of rotatable bonds is 7. The number of nitrogens with zero attached hydrogens (tertiary/aromatic N) is 2. The number of hydrogen-bond donors (Lipinski definition) is 1. The largest absolute Gasteiger partial charge is 0.381 e. The van der Waals surface area contributed by atoms with Crippen molar-refractivity contribution in [3.63, 3.8) is 0 Å². The van der Waals surface area contributed by atoms with Crippen LogP contribution in [0.2, 0.25) is 0 Å². The number of amides is 1. The summed E-state index contributed by atoms with van der Waals surface area (Å²) in [6.45, 7) is 2.80. The number of ether oxygens (including phenoxy) is 1. The Labute approximate surface area is 161 Å². The van der Waals surface area contributed by atoms with Gasteiger partial charge in [0.15, 0.2) is 0 Å². The minimum Gasteiger partial charge on any atom is -0.381 e. The van der Waals surface area contributed by atoms with Crippen LogP contribution in [0.5, 0.6) is 0 Å². The van der Waals surface area contributed by atoms with Crippen LogP contribution >= 0.6 is 0 Å². The summed E-state index contributed by atoms with van der Waals surface area (Å²) in [6.07, 6.45) is 5.88. The Morgan fingerprint density at radius 2 is 1.89 bits per heavy atom. The van der Waals surface area contributed by atoms with E-state index >= 15 is 0 Å². The van der Waals surface area contributed by atoms with Crippen molar-refractivity contribution in [1.82, 2.24) is 15.2 Å². The summed E-state index contributed by atoms with van der Waals surface area (Å²) < 4.78 is 5.55. The van der Waals surface area contributed by atoms with E-state index in [1.807, 2.05) is 26.2 Å². The first-order valence-corrected chi connectivity index (χ1v) is 9.59. The van der Waals surface area contributed by atoms with Crippen molar-refractivity contribution in [3.05, 3.63) is 54.4 Å². The molecule has 1 saturated heterocycles. The van der Waals surface area contributed by atoms with Gasteiger partial charge in [-0.1, -0.05) is 24.3 Å². The molecule has 1 N–H and O–H groups in total. The maximum absolute atomic E-state index is 13.1. The molecule has 2 heterocycles.